The highest BCUT2D eigenvalue weighted by atomic mass is 32.2. The maximum absolute atomic E-state index is 12.3. The summed E-state index contributed by atoms with van der Waals surface area (Å²) < 4.78 is 56.4. The van der Waals surface area contributed by atoms with Crippen molar-refractivity contribution in [3.63, 3.8) is 0 Å². The lowest BCUT2D eigenvalue weighted by Gasteiger charge is -2.29. The van der Waals surface area contributed by atoms with Crippen molar-refractivity contribution in [2.24, 2.45) is 0 Å². The summed E-state index contributed by atoms with van der Waals surface area (Å²) in [5.74, 6) is 0.0350. The molecule has 7 nitrogen and oxygen atoms in total. The maximum atomic E-state index is 12.3. The van der Waals surface area contributed by atoms with E-state index in [0.717, 1.165) is 0 Å². The third-order valence-electron chi connectivity index (χ3n) is 3.21. The van der Waals surface area contributed by atoms with Gasteiger partial charge in [-0.25, -0.2) is 4.57 Å². The Morgan fingerprint density at radius 2 is 1.45 bits per heavy atom. The summed E-state index contributed by atoms with van der Waals surface area (Å²) in [6.45, 7) is 5.72. The zero-order valence-corrected chi connectivity index (χ0v) is 15.2. The number of phosphoric ester groups is 1. The van der Waals surface area contributed by atoms with E-state index in [1.807, 2.05) is 0 Å². The van der Waals surface area contributed by atoms with Crippen LogP contribution in [0.1, 0.15) is 52.9 Å². The standard InChI is InChI=1S/C13H27O7PS/c1-4-11-22(15,16)20-13-9-7-12(8-10-13)19-21(14,17-5-2)18-6-3/h12-13H,4-11H2,1-3H3. The minimum Gasteiger partial charge on any atom is -0.287 e. The molecule has 1 fully saturated rings. The first-order valence-corrected chi connectivity index (χ1v) is 10.9. The monoisotopic (exact) mass is 358 g/mol. The van der Waals surface area contributed by atoms with Crippen LogP contribution < -0.4 is 0 Å². The van der Waals surface area contributed by atoms with Gasteiger partial charge < -0.3 is 0 Å². The normalized spacial score (nSPS) is 23.6. The molecular formula is C13H27O7PS. The minimum absolute atomic E-state index is 0.0350. The Hall–Kier alpha value is 0.0200. The van der Waals surface area contributed by atoms with E-state index >= 15 is 0 Å². The van der Waals surface area contributed by atoms with Crippen LogP contribution in [0.25, 0.3) is 0 Å². The summed E-state index contributed by atoms with van der Waals surface area (Å²) in [6, 6.07) is 0. The van der Waals surface area contributed by atoms with Gasteiger partial charge in [-0.2, -0.15) is 8.42 Å². The third-order valence-corrected chi connectivity index (χ3v) is 6.39. The van der Waals surface area contributed by atoms with Crippen LogP contribution in [0.2, 0.25) is 0 Å². The van der Waals surface area contributed by atoms with E-state index in [1.165, 1.54) is 0 Å². The first-order chi connectivity index (χ1) is 10.3. The molecule has 0 aromatic carbocycles. The van der Waals surface area contributed by atoms with Gasteiger partial charge in [0.2, 0.25) is 0 Å². The van der Waals surface area contributed by atoms with E-state index < -0.39 is 17.9 Å². The lowest BCUT2D eigenvalue weighted by molar-refractivity contribution is 0.0408. The first-order valence-electron chi connectivity index (χ1n) is 7.82. The third kappa shape index (κ3) is 7.06. The largest absolute Gasteiger partial charge is 0.475 e. The second-order valence-electron chi connectivity index (χ2n) is 5.14. The van der Waals surface area contributed by atoms with Crippen LogP contribution >= 0.6 is 7.82 Å². The molecule has 0 spiro atoms. The van der Waals surface area contributed by atoms with E-state index in [1.54, 1.807) is 20.8 Å². The molecular weight excluding hydrogens is 331 g/mol. The molecule has 1 saturated carbocycles. The predicted octanol–water partition coefficient (Wildman–Crippen LogP) is 3.25. The molecule has 0 N–H and O–H groups in total. The van der Waals surface area contributed by atoms with Crippen molar-refractivity contribution in [1.29, 1.82) is 0 Å². The zero-order valence-electron chi connectivity index (χ0n) is 13.5. The quantitative estimate of drug-likeness (QED) is 0.437. The van der Waals surface area contributed by atoms with Crippen molar-refractivity contribution < 1.29 is 30.7 Å². The van der Waals surface area contributed by atoms with Gasteiger partial charge in [0.05, 0.1) is 31.2 Å². The molecule has 132 valence electrons. The van der Waals surface area contributed by atoms with Crippen molar-refractivity contribution in [1.82, 2.24) is 0 Å². The van der Waals surface area contributed by atoms with Crippen molar-refractivity contribution in [2.75, 3.05) is 19.0 Å². The summed E-state index contributed by atoms with van der Waals surface area (Å²) >= 11 is 0. The molecule has 0 atom stereocenters. The van der Waals surface area contributed by atoms with Crippen LogP contribution in [0.3, 0.4) is 0 Å². The average molecular weight is 358 g/mol. The molecule has 0 amide bonds. The predicted molar refractivity (Wildman–Crippen MR) is 83.2 cm³/mol. The molecule has 0 aliphatic heterocycles. The van der Waals surface area contributed by atoms with Gasteiger partial charge >= 0.3 is 7.82 Å². The van der Waals surface area contributed by atoms with Gasteiger partial charge in [0.25, 0.3) is 10.1 Å². The van der Waals surface area contributed by atoms with Crippen LogP contribution in [0, 0.1) is 0 Å². The van der Waals surface area contributed by atoms with Gasteiger partial charge in [0, 0.05) is 0 Å². The molecule has 0 heterocycles. The molecule has 9 heteroatoms. The SMILES string of the molecule is CCCS(=O)(=O)OC1CCC(OP(=O)(OCC)OCC)CC1. The zero-order chi connectivity index (χ0) is 16.6. The highest BCUT2D eigenvalue weighted by Crippen LogP contribution is 2.51. The van der Waals surface area contributed by atoms with Gasteiger partial charge in [-0.1, -0.05) is 6.92 Å². The Morgan fingerprint density at radius 1 is 0.955 bits per heavy atom. The van der Waals surface area contributed by atoms with E-state index in [0.29, 0.717) is 32.1 Å². The lowest BCUT2D eigenvalue weighted by Crippen LogP contribution is -2.29. The van der Waals surface area contributed by atoms with Crippen molar-refractivity contribution in [3.05, 3.63) is 0 Å². The Labute approximate surface area is 133 Å². The molecule has 1 aliphatic rings. The second kappa shape index (κ2) is 9.35. The molecule has 0 aromatic heterocycles. The van der Waals surface area contributed by atoms with E-state index in [9.17, 15) is 13.0 Å². The fraction of sp³-hybridized carbons (Fsp3) is 1.00. The molecule has 1 aliphatic carbocycles. The Balaban J connectivity index is 2.46. The summed E-state index contributed by atoms with van der Waals surface area (Å²) in [4.78, 5) is 0. The molecule has 0 bridgehead atoms. The van der Waals surface area contributed by atoms with Crippen LogP contribution in [0.4, 0.5) is 0 Å². The van der Waals surface area contributed by atoms with E-state index in [4.69, 9.17) is 17.8 Å². The van der Waals surface area contributed by atoms with E-state index in [2.05, 4.69) is 0 Å². The van der Waals surface area contributed by atoms with Gasteiger partial charge in [0.15, 0.2) is 0 Å². The number of rotatable bonds is 10. The minimum atomic E-state index is -3.52. The molecule has 0 radical (unpaired) electrons. The van der Waals surface area contributed by atoms with Crippen LogP contribution in [0.15, 0.2) is 0 Å². The summed E-state index contributed by atoms with van der Waals surface area (Å²) in [7, 11) is -6.96. The first kappa shape index (κ1) is 20.1. The molecule has 0 aromatic rings. The van der Waals surface area contributed by atoms with Crippen molar-refractivity contribution in [2.45, 2.75) is 65.1 Å². The smallest absolute Gasteiger partial charge is 0.287 e. The topological polar surface area (TPSA) is 88.1 Å². The van der Waals surface area contributed by atoms with E-state index in [-0.39, 0.29) is 31.2 Å². The Kier molecular flexibility index (Phi) is 8.53. The lowest BCUT2D eigenvalue weighted by atomic mass is 9.95. The maximum Gasteiger partial charge on any atom is 0.475 e. The highest BCUT2D eigenvalue weighted by molar-refractivity contribution is 7.86. The Bertz CT molecular complexity index is 447. The summed E-state index contributed by atoms with van der Waals surface area (Å²) in [5, 5.41) is 0. The second-order valence-corrected chi connectivity index (χ2v) is 8.48. The van der Waals surface area contributed by atoms with Crippen molar-refractivity contribution in [3.8, 4) is 0 Å². The fourth-order valence-electron chi connectivity index (χ4n) is 2.34. The summed E-state index contributed by atoms with van der Waals surface area (Å²) in [5.41, 5.74) is 0. The Morgan fingerprint density at radius 3 is 1.91 bits per heavy atom. The number of hydrogen-bond donors (Lipinski definition) is 0. The molecule has 0 saturated heterocycles. The van der Waals surface area contributed by atoms with Crippen molar-refractivity contribution >= 4 is 17.9 Å². The molecule has 0 unspecified atom stereocenters. The van der Waals surface area contributed by atoms with Crippen LogP contribution in [0.5, 0.6) is 0 Å². The van der Waals surface area contributed by atoms with Gasteiger partial charge in [-0.3, -0.25) is 17.8 Å². The average Bonchev–Trinajstić information content (AvgIpc) is 2.41. The number of hydrogen-bond acceptors (Lipinski definition) is 7. The summed E-state index contributed by atoms with van der Waals surface area (Å²) in [6.07, 6.45) is 2.17. The molecule has 1 rings (SSSR count). The number of phosphoric acid groups is 1. The van der Waals surface area contributed by atoms with Gasteiger partial charge in [0.1, 0.15) is 0 Å². The highest BCUT2D eigenvalue weighted by Gasteiger charge is 2.33. The van der Waals surface area contributed by atoms with Gasteiger partial charge in [-0.05, 0) is 46.0 Å². The van der Waals surface area contributed by atoms with Gasteiger partial charge in [-0.15, -0.1) is 0 Å². The fourth-order valence-corrected chi connectivity index (χ4v) is 4.94. The van der Waals surface area contributed by atoms with Crippen LogP contribution in [-0.2, 0) is 32.4 Å². The van der Waals surface area contributed by atoms with Crippen LogP contribution in [-0.4, -0.2) is 39.6 Å². The molecule has 22 heavy (non-hydrogen) atoms.